The van der Waals surface area contributed by atoms with Crippen LogP contribution in [0.25, 0.3) is 0 Å². The second kappa shape index (κ2) is 9.66. The molecule has 1 atom stereocenters. The number of anilines is 1. The van der Waals surface area contributed by atoms with Crippen LogP contribution >= 0.6 is 0 Å². The highest BCUT2D eigenvalue weighted by molar-refractivity contribution is 7.89. The fourth-order valence-corrected chi connectivity index (χ4v) is 6.53. The van der Waals surface area contributed by atoms with Crippen molar-refractivity contribution in [3.05, 3.63) is 53.7 Å². The summed E-state index contributed by atoms with van der Waals surface area (Å²) in [5.41, 5.74) is 1.27. The number of sulfonamides is 1. The Morgan fingerprint density at radius 2 is 1.71 bits per heavy atom. The van der Waals surface area contributed by atoms with Gasteiger partial charge in [0.05, 0.1) is 10.9 Å². The van der Waals surface area contributed by atoms with Crippen LogP contribution < -0.4 is 4.90 Å². The van der Waals surface area contributed by atoms with Gasteiger partial charge in [0.1, 0.15) is 11.4 Å². The molecule has 8 heteroatoms. The van der Waals surface area contributed by atoms with Crippen LogP contribution in [0, 0.1) is 6.92 Å². The van der Waals surface area contributed by atoms with Gasteiger partial charge in [0.15, 0.2) is 0 Å². The number of hydrogen-bond donors (Lipinski definition) is 0. The Morgan fingerprint density at radius 1 is 1.03 bits per heavy atom. The highest BCUT2D eigenvalue weighted by Gasteiger charge is 2.37. The van der Waals surface area contributed by atoms with E-state index in [9.17, 15) is 13.2 Å². The summed E-state index contributed by atoms with van der Waals surface area (Å²) in [6.07, 6.45) is 6.88. The lowest BCUT2D eigenvalue weighted by molar-refractivity contribution is 0.0564. The number of ether oxygens (including phenoxy) is 1. The van der Waals surface area contributed by atoms with E-state index in [0.717, 1.165) is 49.7 Å². The van der Waals surface area contributed by atoms with Crippen LogP contribution in [0.2, 0.25) is 0 Å². The maximum absolute atomic E-state index is 13.3. The van der Waals surface area contributed by atoms with E-state index in [4.69, 9.17) is 4.74 Å². The molecular weight excluding hydrogens is 450 g/mol. The van der Waals surface area contributed by atoms with E-state index in [-0.39, 0.29) is 18.2 Å². The molecule has 4 rings (SSSR count). The molecule has 0 radical (unpaired) electrons. The van der Waals surface area contributed by atoms with Gasteiger partial charge in [-0.1, -0.05) is 36.6 Å². The van der Waals surface area contributed by atoms with Crippen molar-refractivity contribution in [1.82, 2.24) is 9.29 Å². The molecule has 0 N–H and O–H groups in total. The molecule has 2 aromatic rings. The maximum Gasteiger partial charge on any atom is 0.416 e. The molecule has 0 bridgehead atoms. The lowest BCUT2D eigenvalue weighted by Gasteiger charge is -2.31. The first-order valence-electron chi connectivity index (χ1n) is 12.1. The number of nitrogens with zero attached hydrogens (tertiary/aromatic N) is 3. The van der Waals surface area contributed by atoms with Crippen molar-refractivity contribution in [3.63, 3.8) is 0 Å². The molecule has 34 heavy (non-hydrogen) atoms. The topological polar surface area (TPSA) is 79.8 Å². The van der Waals surface area contributed by atoms with E-state index in [1.165, 1.54) is 0 Å². The molecule has 1 saturated carbocycles. The molecule has 184 valence electrons. The van der Waals surface area contributed by atoms with Gasteiger partial charge in [-0.3, -0.25) is 4.90 Å². The van der Waals surface area contributed by atoms with Crippen LogP contribution in [0.5, 0.6) is 0 Å². The van der Waals surface area contributed by atoms with Crippen LogP contribution in [0.1, 0.15) is 76.5 Å². The number of rotatable bonds is 5. The predicted molar refractivity (Wildman–Crippen MR) is 132 cm³/mol. The summed E-state index contributed by atoms with van der Waals surface area (Å²) in [5, 5.41) is 0. The fraction of sp³-hybridized carbons (Fsp3) is 0.538. The average molecular weight is 486 g/mol. The Balaban J connectivity index is 1.59. The fourth-order valence-electron chi connectivity index (χ4n) is 4.85. The number of hydrogen-bond acceptors (Lipinski definition) is 5. The number of pyridine rings is 1. The summed E-state index contributed by atoms with van der Waals surface area (Å²) in [7, 11) is -3.61. The molecule has 2 aliphatic rings. The van der Waals surface area contributed by atoms with E-state index in [1.54, 1.807) is 27.5 Å². The smallest absolute Gasteiger partial charge is 0.416 e. The molecular formula is C26H35N3O4S. The van der Waals surface area contributed by atoms with Crippen molar-refractivity contribution in [3.8, 4) is 0 Å². The Kier molecular flexibility index (Phi) is 7.01. The summed E-state index contributed by atoms with van der Waals surface area (Å²) in [6.45, 7) is 8.00. The zero-order valence-electron chi connectivity index (χ0n) is 20.5. The SMILES string of the molecule is Cc1ccc(S(=O)(=O)N2CCCC2c2ccc(N(C(=O)OC(C)(C)C)C3CCCC3)nc2)cc1. The van der Waals surface area contributed by atoms with Crippen LogP contribution in [-0.2, 0) is 14.8 Å². The van der Waals surface area contributed by atoms with Gasteiger partial charge in [0.2, 0.25) is 10.0 Å². The van der Waals surface area contributed by atoms with Gasteiger partial charge in [-0.05, 0) is 77.1 Å². The molecule has 7 nitrogen and oxygen atoms in total. The van der Waals surface area contributed by atoms with Gasteiger partial charge in [-0.25, -0.2) is 18.2 Å². The first-order chi connectivity index (χ1) is 16.1. The van der Waals surface area contributed by atoms with Gasteiger partial charge in [-0.15, -0.1) is 0 Å². The third-order valence-corrected chi connectivity index (χ3v) is 8.44. The predicted octanol–water partition coefficient (Wildman–Crippen LogP) is 5.60. The van der Waals surface area contributed by atoms with Gasteiger partial charge < -0.3 is 4.74 Å². The number of benzene rings is 1. The van der Waals surface area contributed by atoms with Crippen LogP contribution in [0.3, 0.4) is 0 Å². The van der Waals surface area contributed by atoms with Crippen molar-refractivity contribution in [1.29, 1.82) is 0 Å². The monoisotopic (exact) mass is 485 g/mol. The van der Waals surface area contributed by atoms with E-state index < -0.39 is 15.6 Å². The normalized spacial score (nSPS) is 19.9. The molecule has 1 saturated heterocycles. The number of aromatic nitrogens is 1. The van der Waals surface area contributed by atoms with Gasteiger partial charge in [0, 0.05) is 18.8 Å². The minimum Gasteiger partial charge on any atom is -0.443 e. The average Bonchev–Trinajstić information content (AvgIpc) is 3.46. The minimum atomic E-state index is -3.61. The number of aryl methyl sites for hydroxylation is 1. The van der Waals surface area contributed by atoms with Crippen molar-refractivity contribution < 1.29 is 17.9 Å². The molecule has 2 fully saturated rings. The summed E-state index contributed by atoms with van der Waals surface area (Å²) in [5.74, 6) is 0.552. The summed E-state index contributed by atoms with van der Waals surface area (Å²) in [6, 6.07) is 10.5. The lowest BCUT2D eigenvalue weighted by atomic mass is 10.1. The van der Waals surface area contributed by atoms with E-state index in [2.05, 4.69) is 4.98 Å². The van der Waals surface area contributed by atoms with Crippen molar-refractivity contribution in [2.45, 2.75) is 88.8 Å². The highest BCUT2D eigenvalue weighted by Crippen LogP contribution is 2.37. The largest absolute Gasteiger partial charge is 0.443 e. The zero-order chi connectivity index (χ0) is 24.5. The highest BCUT2D eigenvalue weighted by atomic mass is 32.2. The molecule has 1 aliphatic heterocycles. The molecule has 1 aliphatic carbocycles. The Morgan fingerprint density at radius 3 is 2.29 bits per heavy atom. The van der Waals surface area contributed by atoms with Crippen LogP contribution in [-0.4, -0.2) is 42.0 Å². The second-order valence-electron chi connectivity index (χ2n) is 10.3. The first-order valence-corrected chi connectivity index (χ1v) is 13.6. The minimum absolute atomic E-state index is 0.0677. The van der Waals surface area contributed by atoms with Gasteiger partial charge >= 0.3 is 6.09 Å². The second-order valence-corrected chi connectivity index (χ2v) is 12.2. The Bertz CT molecular complexity index is 1100. The molecule has 1 amide bonds. The third-order valence-electron chi connectivity index (χ3n) is 6.51. The third kappa shape index (κ3) is 5.28. The Hall–Kier alpha value is -2.45. The van der Waals surface area contributed by atoms with E-state index in [1.807, 2.05) is 52.0 Å². The van der Waals surface area contributed by atoms with Crippen molar-refractivity contribution >= 4 is 21.9 Å². The molecule has 0 spiro atoms. The van der Waals surface area contributed by atoms with Gasteiger partial charge in [0.25, 0.3) is 0 Å². The van der Waals surface area contributed by atoms with Crippen molar-refractivity contribution in [2.24, 2.45) is 0 Å². The number of amides is 1. The lowest BCUT2D eigenvalue weighted by Crippen LogP contribution is -2.43. The summed E-state index contributed by atoms with van der Waals surface area (Å²) >= 11 is 0. The summed E-state index contributed by atoms with van der Waals surface area (Å²) < 4.78 is 33.9. The van der Waals surface area contributed by atoms with Crippen molar-refractivity contribution in [2.75, 3.05) is 11.4 Å². The first kappa shape index (κ1) is 24.7. The molecule has 1 aromatic carbocycles. The Labute approximate surface area is 203 Å². The zero-order valence-corrected chi connectivity index (χ0v) is 21.3. The number of carbonyl (C=O) groups excluding carboxylic acids is 1. The maximum atomic E-state index is 13.3. The van der Waals surface area contributed by atoms with E-state index >= 15 is 0 Å². The molecule has 2 heterocycles. The quantitative estimate of drug-likeness (QED) is 0.551. The van der Waals surface area contributed by atoms with Crippen LogP contribution in [0.15, 0.2) is 47.5 Å². The van der Waals surface area contributed by atoms with Crippen LogP contribution in [0.4, 0.5) is 10.6 Å². The van der Waals surface area contributed by atoms with E-state index in [0.29, 0.717) is 17.3 Å². The molecule has 1 unspecified atom stereocenters. The van der Waals surface area contributed by atoms with Gasteiger partial charge in [-0.2, -0.15) is 4.31 Å². The molecule has 1 aromatic heterocycles. The standard InChI is InChI=1S/C26H35N3O4S/c1-19-11-14-22(15-12-19)34(31,32)28-17-7-10-23(28)20-13-16-24(27-18-20)29(21-8-5-6-9-21)25(30)33-26(2,3)4/h11-16,18,21,23H,5-10,17H2,1-4H3. The number of carbonyl (C=O) groups is 1. The summed E-state index contributed by atoms with van der Waals surface area (Å²) in [4.78, 5) is 19.6.